The first-order valence-corrected chi connectivity index (χ1v) is 9.47. The summed E-state index contributed by atoms with van der Waals surface area (Å²) >= 11 is 1.65. The number of rotatable bonds is 6. The van der Waals surface area contributed by atoms with Crippen LogP contribution >= 0.6 is 11.3 Å². The van der Waals surface area contributed by atoms with Crippen molar-refractivity contribution in [3.05, 3.63) is 21.9 Å². The number of hydrogen-bond donors (Lipinski definition) is 1. The molecule has 2 rings (SSSR count). The molecule has 1 aliphatic carbocycles. The van der Waals surface area contributed by atoms with E-state index >= 15 is 0 Å². The Balaban J connectivity index is 1.95. The van der Waals surface area contributed by atoms with E-state index in [0.717, 1.165) is 37.0 Å². The monoisotopic (exact) mass is 317 g/mol. The minimum atomic E-state index is -3.22. The van der Waals surface area contributed by atoms with Crippen LogP contribution in [0.1, 0.15) is 48.0 Å². The van der Waals surface area contributed by atoms with E-state index in [1.807, 2.05) is 19.1 Å². The first-order chi connectivity index (χ1) is 9.53. The van der Waals surface area contributed by atoms with Crippen LogP contribution in [0.15, 0.2) is 12.1 Å². The molecule has 1 aromatic rings. The summed E-state index contributed by atoms with van der Waals surface area (Å²) in [6.07, 6.45) is 4.55. The molecule has 1 saturated carbocycles. The van der Waals surface area contributed by atoms with Gasteiger partial charge in [-0.05, 0) is 31.9 Å². The van der Waals surface area contributed by atoms with E-state index in [0.29, 0.717) is 6.54 Å². The number of ether oxygens (including phenoxy) is 1. The fourth-order valence-corrected chi connectivity index (χ4v) is 5.14. The molecule has 1 aliphatic rings. The van der Waals surface area contributed by atoms with Crippen molar-refractivity contribution in [3.8, 4) is 0 Å². The van der Waals surface area contributed by atoms with E-state index in [1.165, 1.54) is 4.88 Å². The van der Waals surface area contributed by atoms with Crippen LogP contribution in [-0.4, -0.2) is 27.3 Å². The number of sulfonamides is 1. The first kappa shape index (κ1) is 15.9. The molecule has 114 valence electrons. The van der Waals surface area contributed by atoms with Gasteiger partial charge < -0.3 is 4.74 Å². The van der Waals surface area contributed by atoms with Crippen LogP contribution in [0.4, 0.5) is 0 Å². The third-order valence-electron chi connectivity index (χ3n) is 3.82. The Bertz CT molecular complexity index is 518. The molecule has 1 unspecified atom stereocenters. The molecule has 1 aromatic heterocycles. The standard InChI is InChI=1S/C14H23NO3S2/c1-11-8-9-14(19-11)13(18-2)10-15-20(16,17)12-6-4-3-5-7-12/h8-9,12-13,15H,3-7,10H2,1-2H3. The highest BCUT2D eigenvalue weighted by atomic mass is 32.2. The Morgan fingerprint density at radius 3 is 2.60 bits per heavy atom. The number of nitrogens with one attached hydrogen (secondary N) is 1. The summed E-state index contributed by atoms with van der Waals surface area (Å²) in [6.45, 7) is 2.35. The zero-order chi connectivity index (χ0) is 14.6. The Morgan fingerprint density at radius 1 is 1.35 bits per heavy atom. The van der Waals surface area contributed by atoms with Crippen molar-refractivity contribution in [1.29, 1.82) is 0 Å². The fraction of sp³-hybridized carbons (Fsp3) is 0.714. The van der Waals surface area contributed by atoms with Crippen molar-refractivity contribution < 1.29 is 13.2 Å². The van der Waals surface area contributed by atoms with Gasteiger partial charge in [-0.3, -0.25) is 0 Å². The number of aryl methyl sites for hydroxylation is 1. The zero-order valence-electron chi connectivity index (χ0n) is 12.1. The molecule has 0 radical (unpaired) electrons. The van der Waals surface area contributed by atoms with Gasteiger partial charge in [0.05, 0.1) is 5.25 Å². The minimum Gasteiger partial charge on any atom is -0.375 e. The molecule has 20 heavy (non-hydrogen) atoms. The van der Waals surface area contributed by atoms with Crippen LogP contribution in [0.3, 0.4) is 0 Å². The van der Waals surface area contributed by atoms with Gasteiger partial charge in [0.25, 0.3) is 0 Å². The van der Waals surface area contributed by atoms with E-state index in [4.69, 9.17) is 4.74 Å². The smallest absolute Gasteiger partial charge is 0.214 e. The van der Waals surface area contributed by atoms with Crippen molar-refractivity contribution in [2.45, 2.75) is 50.4 Å². The van der Waals surface area contributed by atoms with Crippen molar-refractivity contribution in [3.63, 3.8) is 0 Å². The fourth-order valence-electron chi connectivity index (χ4n) is 2.61. The Morgan fingerprint density at radius 2 is 2.05 bits per heavy atom. The summed E-state index contributed by atoms with van der Waals surface area (Å²) in [5, 5.41) is -0.223. The lowest BCUT2D eigenvalue weighted by molar-refractivity contribution is 0.110. The van der Waals surface area contributed by atoms with Crippen molar-refractivity contribution in [2.24, 2.45) is 0 Å². The molecule has 1 N–H and O–H groups in total. The Kier molecular flexibility index (Phi) is 5.60. The largest absolute Gasteiger partial charge is 0.375 e. The van der Waals surface area contributed by atoms with Crippen molar-refractivity contribution >= 4 is 21.4 Å². The quantitative estimate of drug-likeness (QED) is 0.877. The first-order valence-electron chi connectivity index (χ1n) is 7.10. The molecule has 4 nitrogen and oxygen atoms in total. The lowest BCUT2D eigenvalue weighted by atomic mass is 10.0. The lowest BCUT2D eigenvalue weighted by Crippen LogP contribution is -2.37. The zero-order valence-corrected chi connectivity index (χ0v) is 13.7. The molecule has 0 spiro atoms. The maximum atomic E-state index is 12.3. The average Bonchev–Trinajstić information content (AvgIpc) is 2.87. The highest BCUT2D eigenvalue weighted by Gasteiger charge is 2.28. The molecule has 0 aromatic carbocycles. The Labute approximate surface area is 125 Å². The Hall–Kier alpha value is -0.430. The predicted molar refractivity (Wildman–Crippen MR) is 82.6 cm³/mol. The van der Waals surface area contributed by atoms with E-state index in [1.54, 1.807) is 18.4 Å². The molecule has 6 heteroatoms. The number of thiophene rings is 1. The SMILES string of the molecule is COC(CNS(=O)(=O)C1CCCCC1)c1ccc(C)s1. The lowest BCUT2D eigenvalue weighted by Gasteiger charge is -2.23. The van der Waals surface area contributed by atoms with Crippen molar-refractivity contribution in [1.82, 2.24) is 4.72 Å². The summed E-state index contributed by atoms with van der Waals surface area (Å²) < 4.78 is 32.7. The molecule has 0 amide bonds. The molecule has 1 fully saturated rings. The number of methoxy groups -OCH3 is 1. The van der Waals surface area contributed by atoms with Crippen LogP contribution in [0, 0.1) is 6.92 Å². The second kappa shape index (κ2) is 7.02. The number of hydrogen-bond acceptors (Lipinski definition) is 4. The molecule has 0 bridgehead atoms. The van der Waals surface area contributed by atoms with Gasteiger partial charge in [0.1, 0.15) is 6.10 Å². The van der Waals surface area contributed by atoms with Gasteiger partial charge in [-0.2, -0.15) is 0 Å². The maximum Gasteiger partial charge on any atom is 0.214 e. The van der Waals surface area contributed by atoms with E-state index in [2.05, 4.69) is 4.72 Å². The van der Waals surface area contributed by atoms with Crippen LogP contribution < -0.4 is 4.72 Å². The molecule has 1 atom stereocenters. The second-order valence-corrected chi connectivity index (χ2v) is 8.69. The van der Waals surface area contributed by atoms with Gasteiger partial charge >= 0.3 is 0 Å². The molecular formula is C14H23NO3S2. The predicted octanol–water partition coefficient (Wildman–Crippen LogP) is 3.00. The third kappa shape index (κ3) is 4.04. The molecule has 0 aliphatic heterocycles. The van der Waals surface area contributed by atoms with Crippen LogP contribution in [0.5, 0.6) is 0 Å². The van der Waals surface area contributed by atoms with Crippen LogP contribution in [0.2, 0.25) is 0 Å². The summed E-state index contributed by atoms with van der Waals surface area (Å²) in [6, 6.07) is 4.03. The topological polar surface area (TPSA) is 55.4 Å². The summed E-state index contributed by atoms with van der Waals surface area (Å²) in [7, 11) is -1.60. The molecule has 1 heterocycles. The van der Waals surface area contributed by atoms with E-state index in [9.17, 15) is 8.42 Å². The van der Waals surface area contributed by atoms with Crippen LogP contribution in [-0.2, 0) is 14.8 Å². The van der Waals surface area contributed by atoms with Crippen LogP contribution in [0.25, 0.3) is 0 Å². The minimum absolute atomic E-state index is 0.202. The highest BCUT2D eigenvalue weighted by molar-refractivity contribution is 7.90. The molecular weight excluding hydrogens is 294 g/mol. The molecule has 0 saturated heterocycles. The summed E-state index contributed by atoms with van der Waals surface area (Å²) in [5.41, 5.74) is 0. The summed E-state index contributed by atoms with van der Waals surface area (Å²) in [4.78, 5) is 2.27. The maximum absolute atomic E-state index is 12.3. The van der Waals surface area contributed by atoms with Gasteiger partial charge in [0, 0.05) is 23.4 Å². The van der Waals surface area contributed by atoms with Gasteiger partial charge in [0.15, 0.2) is 0 Å². The normalized spacial score (nSPS) is 19.1. The van der Waals surface area contributed by atoms with Gasteiger partial charge in [0.2, 0.25) is 10.0 Å². The highest BCUT2D eigenvalue weighted by Crippen LogP contribution is 2.26. The van der Waals surface area contributed by atoms with Gasteiger partial charge in [-0.15, -0.1) is 11.3 Å². The van der Waals surface area contributed by atoms with E-state index in [-0.39, 0.29) is 11.4 Å². The van der Waals surface area contributed by atoms with Crippen molar-refractivity contribution in [2.75, 3.05) is 13.7 Å². The second-order valence-electron chi connectivity index (χ2n) is 5.33. The average molecular weight is 317 g/mol. The van der Waals surface area contributed by atoms with Gasteiger partial charge in [-0.25, -0.2) is 13.1 Å². The van der Waals surface area contributed by atoms with E-state index < -0.39 is 10.0 Å². The third-order valence-corrected chi connectivity index (χ3v) is 6.83. The van der Waals surface area contributed by atoms with Gasteiger partial charge in [-0.1, -0.05) is 19.3 Å². The summed E-state index contributed by atoms with van der Waals surface area (Å²) in [5.74, 6) is 0.